The van der Waals surface area contributed by atoms with Gasteiger partial charge in [-0.25, -0.2) is 4.98 Å². The number of nitrogens with one attached hydrogen (secondary N) is 1. The predicted octanol–water partition coefficient (Wildman–Crippen LogP) is 4.25. The molecule has 3 nitrogen and oxygen atoms in total. The van der Waals surface area contributed by atoms with Crippen LogP contribution in [0.1, 0.15) is 74.7 Å². The first-order valence-corrected chi connectivity index (χ1v) is 8.54. The average Bonchev–Trinajstić information content (AvgIpc) is 2.79. The number of hydrogen-bond acceptors (Lipinski definition) is 4. The van der Waals surface area contributed by atoms with Gasteiger partial charge in [0.25, 0.3) is 0 Å². The summed E-state index contributed by atoms with van der Waals surface area (Å²) in [6.07, 6.45) is 4.92. The van der Waals surface area contributed by atoms with Crippen LogP contribution in [0.15, 0.2) is 0 Å². The largest absolute Gasteiger partial charge is 0.374 e. The zero-order chi connectivity index (χ0) is 14.8. The van der Waals surface area contributed by atoms with Crippen molar-refractivity contribution in [2.24, 2.45) is 5.41 Å². The molecule has 1 heterocycles. The number of nitrogens with zero attached hydrogens (tertiary/aromatic N) is 1. The Kier molecular flexibility index (Phi) is 5.21. The lowest BCUT2D eigenvalue weighted by Gasteiger charge is -2.27. The molecule has 1 aromatic heterocycles. The van der Waals surface area contributed by atoms with Crippen LogP contribution in [0.3, 0.4) is 0 Å². The Bertz CT molecular complexity index is 436. The molecule has 1 N–H and O–H groups in total. The summed E-state index contributed by atoms with van der Waals surface area (Å²) in [5.41, 5.74) is 1.37. The van der Waals surface area contributed by atoms with Crippen LogP contribution in [0.4, 0.5) is 0 Å². The van der Waals surface area contributed by atoms with Crippen molar-refractivity contribution in [3.8, 4) is 0 Å². The third kappa shape index (κ3) is 3.41. The molecule has 0 fully saturated rings. The molecule has 1 aliphatic carbocycles. The monoisotopic (exact) mass is 296 g/mol. The summed E-state index contributed by atoms with van der Waals surface area (Å²) in [5.74, 6) is 0. The second-order valence-corrected chi connectivity index (χ2v) is 7.86. The van der Waals surface area contributed by atoms with Gasteiger partial charge in [0.1, 0.15) is 11.1 Å². The molecule has 0 aromatic carbocycles. The highest BCUT2D eigenvalue weighted by atomic mass is 32.1. The van der Waals surface area contributed by atoms with Crippen molar-refractivity contribution in [2.45, 2.75) is 65.5 Å². The van der Waals surface area contributed by atoms with E-state index < -0.39 is 0 Å². The number of aryl methyl sites for hydroxylation is 1. The van der Waals surface area contributed by atoms with E-state index in [-0.39, 0.29) is 11.5 Å². The summed E-state index contributed by atoms with van der Waals surface area (Å²) in [6, 6.07) is 0.446. The van der Waals surface area contributed by atoms with Crippen LogP contribution in [0.2, 0.25) is 0 Å². The van der Waals surface area contributed by atoms with Crippen molar-refractivity contribution in [1.82, 2.24) is 10.3 Å². The van der Waals surface area contributed by atoms with Crippen LogP contribution in [0.25, 0.3) is 0 Å². The minimum absolute atomic E-state index is 0.0849. The summed E-state index contributed by atoms with van der Waals surface area (Å²) in [7, 11) is 1.79. The Labute approximate surface area is 127 Å². The van der Waals surface area contributed by atoms with Gasteiger partial charge in [-0.05, 0) is 37.6 Å². The maximum atomic E-state index is 5.72. The van der Waals surface area contributed by atoms with Gasteiger partial charge in [-0.15, -0.1) is 11.3 Å². The fourth-order valence-electron chi connectivity index (χ4n) is 2.89. The maximum Gasteiger partial charge on any atom is 0.123 e. The molecule has 0 amide bonds. The third-order valence-electron chi connectivity index (χ3n) is 3.86. The molecule has 0 saturated carbocycles. The number of hydrogen-bond donors (Lipinski definition) is 1. The number of methoxy groups -OCH3 is 1. The van der Waals surface area contributed by atoms with E-state index in [0.29, 0.717) is 6.04 Å². The normalized spacial score (nSPS) is 20.8. The van der Waals surface area contributed by atoms with Crippen LogP contribution in [-0.4, -0.2) is 18.6 Å². The maximum absolute atomic E-state index is 5.72. The fourth-order valence-corrected chi connectivity index (χ4v) is 4.38. The smallest absolute Gasteiger partial charge is 0.123 e. The van der Waals surface area contributed by atoms with Gasteiger partial charge in [-0.2, -0.15) is 0 Å². The van der Waals surface area contributed by atoms with Crippen LogP contribution in [-0.2, 0) is 11.2 Å². The average molecular weight is 296 g/mol. The van der Waals surface area contributed by atoms with E-state index in [0.717, 1.165) is 11.6 Å². The molecule has 0 radical (unpaired) electrons. The molecule has 4 heteroatoms. The van der Waals surface area contributed by atoms with E-state index in [4.69, 9.17) is 9.72 Å². The van der Waals surface area contributed by atoms with Gasteiger partial charge in [0, 0.05) is 12.0 Å². The standard InChI is InChI=1S/C16H28N2OS/c1-6-10-17-11-8-7-9-12-13(11)18-15(20-12)14(19-5)16(2,3)4/h11,14,17H,6-10H2,1-5H3. The summed E-state index contributed by atoms with van der Waals surface area (Å²) in [4.78, 5) is 6.42. The van der Waals surface area contributed by atoms with E-state index in [2.05, 4.69) is 33.0 Å². The second-order valence-electron chi connectivity index (χ2n) is 6.74. The highest BCUT2D eigenvalue weighted by molar-refractivity contribution is 7.11. The van der Waals surface area contributed by atoms with E-state index >= 15 is 0 Å². The van der Waals surface area contributed by atoms with Crippen molar-refractivity contribution >= 4 is 11.3 Å². The van der Waals surface area contributed by atoms with Gasteiger partial charge in [0.05, 0.1) is 11.7 Å². The summed E-state index contributed by atoms with van der Waals surface area (Å²) in [6.45, 7) is 9.94. The molecule has 1 aromatic rings. The zero-order valence-corrected chi connectivity index (χ0v) is 14.3. The van der Waals surface area contributed by atoms with Gasteiger partial charge < -0.3 is 10.1 Å². The molecule has 2 atom stereocenters. The minimum Gasteiger partial charge on any atom is -0.374 e. The highest BCUT2D eigenvalue weighted by Crippen LogP contribution is 2.41. The molecule has 0 saturated heterocycles. The Hall–Kier alpha value is -0.450. The minimum atomic E-state index is 0.0849. The van der Waals surface area contributed by atoms with E-state index in [1.54, 1.807) is 7.11 Å². The van der Waals surface area contributed by atoms with E-state index in [1.165, 1.54) is 36.3 Å². The molecular formula is C16H28N2OS. The van der Waals surface area contributed by atoms with Gasteiger partial charge in [-0.1, -0.05) is 27.7 Å². The lowest BCUT2D eigenvalue weighted by molar-refractivity contribution is 0.0149. The van der Waals surface area contributed by atoms with Crippen molar-refractivity contribution < 1.29 is 4.74 Å². The van der Waals surface area contributed by atoms with Crippen molar-refractivity contribution in [3.05, 3.63) is 15.6 Å². The van der Waals surface area contributed by atoms with Gasteiger partial charge in [0.2, 0.25) is 0 Å². The molecule has 2 rings (SSSR count). The number of fused-ring (bicyclic) bond motifs is 1. The van der Waals surface area contributed by atoms with Crippen molar-refractivity contribution in [1.29, 1.82) is 0 Å². The summed E-state index contributed by atoms with van der Waals surface area (Å²) >= 11 is 1.86. The number of thiazole rings is 1. The van der Waals surface area contributed by atoms with Crippen LogP contribution >= 0.6 is 11.3 Å². The molecule has 114 valence electrons. The van der Waals surface area contributed by atoms with Crippen LogP contribution in [0.5, 0.6) is 0 Å². The lowest BCUT2D eigenvalue weighted by atomic mass is 9.89. The molecule has 2 unspecified atom stereocenters. The molecule has 0 spiro atoms. The number of rotatable bonds is 5. The number of ether oxygens (including phenoxy) is 1. The van der Waals surface area contributed by atoms with Crippen LogP contribution < -0.4 is 5.32 Å². The number of aromatic nitrogens is 1. The van der Waals surface area contributed by atoms with Crippen molar-refractivity contribution in [3.63, 3.8) is 0 Å². The molecular weight excluding hydrogens is 268 g/mol. The fraction of sp³-hybridized carbons (Fsp3) is 0.812. The summed E-state index contributed by atoms with van der Waals surface area (Å²) in [5, 5.41) is 4.79. The Morgan fingerprint density at radius 3 is 2.80 bits per heavy atom. The molecule has 0 bridgehead atoms. The Morgan fingerprint density at radius 1 is 1.45 bits per heavy atom. The molecule has 0 aliphatic heterocycles. The van der Waals surface area contributed by atoms with Gasteiger partial charge in [0.15, 0.2) is 0 Å². The Balaban J connectivity index is 2.24. The van der Waals surface area contributed by atoms with Gasteiger partial charge >= 0.3 is 0 Å². The molecule has 20 heavy (non-hydrogen) atoms. The Morgan fingerprint density at radius 2 is 2.20 bits per heavy atom. The summed E-state index contributed by atoms with van der Waals surface area (Å²) < 4.78 is 5.72. The lowest BCUT2D eigenvalue weighted by Crippen LogP contribution is -2.26. The topological polar surface area (TPSA) is 34.1 Å². The second kappa shape index (κ2) is 6.54. The molecule has 1 aliphatic rings. The first kappa shape index (κ1) is 15.9. The first-order chi connectivity index (χ1) is 9.47. The van der Waals surface area contributed by atoms with Crippen LogP contribution in [0, 0.1) is 5.41 Å². The highest BCUT2D eigenvalue weighted by Gasteiger charge is 2.32. The van der Waals surface area contributed by atoms with E-state index in [9.17, 15) is 0 Å². The zero-order valence-electron chi connectivity index (χ0n) is 13.5. The first-order valence-electron chi connectivity index (χ1n) is 7.73. The van der Waals surface area contributed by atoms with Crippen molar-refractivity contribution in [2.75, 3.05) is 13.7 Å². The van der Waals surface area contributed by atoms with E-state index in [1.807, 2.05) is 11.3 Å². The van der Waals surface area contributed by atoms with Gasteiger partial charge in [-0.3, -0.25) is 0 Å². The quantitative estimate of drug-likeness (QED) is 0.882. The third-order valence-corrected chi connectivity index (χ3v) is 5.03. The SMILES string of the molecule is CCCNC1CCCc2sc(C(OC)C(C)(C)C)nc21. The predicted molar refractivity (Wildman–Crippen MR) is 85.3 cm³/mol.